The van der Waals surface area contributed by atoms with Gasteiger partial charge in [-0.3, -0.25) is 0 Å². The van der Waals surface area contributed by atoms with Crippen molar-refractivity contribution < 1.29 is 27.8 Å². The zero-order valence-electron chi connectivity index (χ0n) is 11.1. The van der Waals surface area contributed by atoms with E-state index in [9.17, 15) is 23.1 Å². The van der Waals surface area contributed by atoms with Gasteiger partial charge in [0.15, 0.2) is 5.60 Å². The van der Waals surface area contributed by atoms with Crippen LogP contribution in [0.15, 0.2) is 0 Å². The minimum Gasteiger partial charge on any atom is -0.444 e. The van der Waals surface area contributed by atoms with E-state index < -0.39 is 41.9 Å². The van der Waals surface area contributed by atoms with Gasteiger partial charge in [-0.15, -0.1) is 0 Å². The number of rotatable bonds is 0. The molecule has 2 aliphatic rings. The summed E-state index contributed by atoms with van der Waals surface area (Å²) in [5, 5.41) is 9.75. The van der Waals surface area contributed by atoms with Crippen molar-refractivity contribution in [1.82, 2.24) is 4.90 Å². The molecule has 1 aliphatic heterocycles. The Hall–Kier alpha value is -0.980. The molecule has 2 fully saturated rings. The van der Waals surface area contributed by atoms with Gasteiger partial charge in [-0.2, -0.15) is 13.2 Å². The van der Waals surface area contributed by atoms with E-state index in [0.29, 0.717) is 0 Å². The van der Waals surface area contributed by atoms with Crippen LogP contribution in [0.25, 0.3) is 0 Å². The Kier molecular flexibility index (Phi) is 3.04. The number of fused-ring (bicyclic) bond motifs is 2. The zero-order chi connectivity index (χ0) is 14.6. The SMILES string of the molecule is CC(C)(C)OC(=O)N1C[C@@H]2C[C@H]1C[C@]2(O)C(F)(F)F. The zero-order valence-corrected chi connectivity index (χ0v) is 11.1. The first-order valence-electron chi connectivity index (χ1n) is 6.23. The molecular formula is C12H18F3NO3. The summed E-state index contributed by atoms with van der Waals surface area (Å²) >= 11 is 0. The molecular weight excluding hydrogens is 263 g/mol. The van der Waals surface area contributed by atoms with E-state index in [-0.39, 0.29) is 13.0 Å². The van der Waals surface area contributed by atoms with Gasteiger partial charge >= 0.3 is 12.3 Å². The fraction of sp³-hybridized carbons (Fsp3) is 0.917. The van der Waals surface area contributed by atoms with Crippen molar-refractivity contribution in [3.05, 3.63) is 0 Å². The summed E-state index contributed by atoms with van der Waals surface area (Å²) in [6.07, 6.45) is -5.54. The Morgan fingerprint density at radius 1 is 1.37 bits per heavy atom. The molecule has 7 heteroatoms. The third kappa shape index (κ3) is 2.40. The monoisotopic (exact) mass is 281 g/mol. The van der Waals surface area contributed by atoms with Gasteiger partial charge in [-0.1, -0.05) is 0 Å². The number of carbonyl (C=O) groups excluding carboxylic acids is 1. The Morgan fingerprint density at radius 2 is 1.95 bits per heavy atom. The number of carbonyl (C=O) groups is 1. The highest BCUT2D eigenvalue weighted by Crippen LogP contribution is 2.52. The normalized spacial score (nSPS) is 34.8. The lowest BCUT2D eigenvalue weighted by Gasteiger charge is -2.39. The second-order valence-electron chi connectivity index (χ2n) is 6.35. The quantitative estimate of drug-likeness (QED) is 0.741. The third-order valence-electron chi connectivity index (χ3n) is 3.76. The summed E-state index contributed by atoms with van der Waals surface area (Å²) in [6, 6.07) is -0.591. The highest BCUT2D eigenvalue weighted by molar-refractivity contribution is 5.69. The van der Waals surface area contributed by atoms with Gasteiger partial charge in [-0.25, -0.2) is 4.79 Å². The molecule has 110 valence electrons. The van der Waals surface area contributed by atoms with Gasteiger partial charge in [0.2, 0.25) is 0 Å². The second kappa shape index (κ2) is 4.01. The Morgan fingerprint density at radius 3 is 2.32 bits per heavy atom. The van der Waals surface area contributed by atoms with E-state index in [1.807, 2.05) is 0 Å². The molecule has 1 heterocycles. The third-order valence-corrected chi connectivity index (χ3v) is 3.76. The Bertz CT molecular complexity index is 391. The lowest BCUT2D eigenvalue weighted by atomic mass is 9.88. The number of amides is 1. The van der Waals surface area contributed by atoms with E-state index in [1.165, 1.54) is 4.90 Å². The van der Waals surface area contributed by atoms with Crippen LogP contribution in [0.4, 0.5) is 18.0 Å². The van der Waals surface area contributed by atoms with Crippen LogP contribution < -0.4 is 0 Å². The molecule has 4 nitrogen and oxygen atoms in total. The minimum atomic E-state index is -4.65. The molecule has 0 aromatic heterocycles. The maximum atomic E-state index is 12.8. The van der Waals surface area contributed by atoms with Gasteiger partial charge < -0.3 is 14.7 Å². The molecule has 19 heavy (non-hydrogen) atoms. The second-order valence-corrected chi connectivity index (χ2v) is 6.35. The molecule has 3 atom stereocenters. The van der Waals surface area contributed by atoms with Crippen molar-refractivity contribution in [2.75, 3.05) is 6.54 Å². The average molecular weight is 281 g/mol. The van der Waals surface area contributed by atoms with Crippen LogP contribution in [0.3, 0.4) is 0 Å². The molecule has 0 aromatic rings. The highest BCUT2D eigenvalue weighted by Gasteiger charge is 2.67. The molecule has 0 aromatic carbocycles. The molecule has 0 spiro atoms. The van der Waals surface area contributed by atoms with Crippen molar-refractivity contribution in [2.24, 2.45) is 5.92 Å². The molecule has 1 amide bonds. The predicted molar refractivity (Wildman–Crippen MR) is 60.5 cm³/mol. The number of hydrogen-bond donors (Lipinski definition) is 1. The summed E-state index contributed by atoms with van der Waals surface area (Å²) in [6.45, 7) is 5.00. The maximum Gasteiger partial charge on any atom is 0.417 e. The number of piperidine rings is 1. The van der Waals surface area contributed by atoms with Crippen molar-refractivity contribution in [2.45, 2.75) is 57.0 Å². The van der Waals surface area contributed by atoms with E-state index in [0.717, 1.165) is 0 Å². The largest absolute Gasteiger partial charge is 0.444 e. The van der Waals surface area contributed by atoms with Crippen LogP contribution >= 0.6 is 0 Å². The van der Waals surface area contributed by atoms with E-state index in [1.54, 1.807) is 20.8 Å². The standard InChI is InChI=1S/C12H18F3NO3/c1-10(2,3)19-9(17)16-6-7-4-8(16)5-11(7,18)12(13,14)15/h7-8,18H,4-6H2,1-3H3/t7-,8-,11+/m0/s1. The molecule has 2 bridgehead atoms. The average Bonchev–Trinajstić information content (AvgIpc) is 2.70. The topological polar surface area (TPSA) is 49.8 Å². The van der Waals surface area contributed by atoms with Gasteiger partial charge in [0.25, 0.3) is 0 Å². The van der Waals surface area contributed by atoms with Crippen LogP contribution in [-0.4, -0.2) is 46.1 Å². The van der Waals surface area contributed by atoms with E-state index in [4.69, 9.17) is 4.74 Å². The summed E-state index contributed by atoms with van der Waals surface area (Å²) in [7, 11) is 0. The number of hydrogen-bond acceptors (Lipinski definition) is 3. The number of alkyl halides is 3. The number of aliphatic hydroxyl groups is 1. The highest BCUT2D eigenvalue weighted by atomic mass is 19.4. The van der Waals surface area contributed by atoms with Crippen molar-refractivity contribution in [3.8, 4) is 0 Å². The van der Waals surface area contributed by atoms with Gasteiger partial charge in [0.05, 0.1) is 0 Å². The number of halogens is 3. The van der Waals surface area contributed by atoms with Crippen LogP contribution in [0.5, 0.6) is 0 Å². The number of likely N-dealkylation sites (tertiary alicyclic amines) is 1. The van der Waals surface area contributed by atoms with Crippen LogP contribution in [0.1, 0.15) is 33.6 Å². The lowest BCUT2D eigenvalue weighted by molar-refractivity contribution is -0.278. The fourth-order valence-corrected chi connectivity index (χ4v) is 2.87. The Labute approximate surface area is 109 Å². The van der Waals surface area contributed by atoms with Gasteiger partial charge in [0, 0.05) is 24.9 Å². The molecule has 1 saturated carbocycles. The summed E-state index contributed by atoms with van der Waals surface area (Å²) in [5.41, 5.74) is -3.34. The van der Waals surface area contributed by atoms with Crippen LogP contribution in [-0.2, 0) is 4.74 Å². The lowest BCUT2D eigenvalue weighted by Crippen LogP contribution is -2.56. The molecule has 0 radical (unpaired) electrons. The Balaban J connectivity index is 2.06. The van der Waals surface area contributed by atoms with Crippen molar-refractivity contribution >= 4 is 6.09 Å². The van der Waals surface area contributed by atoms with Gasteiger partial charge in [-0.05, 0) is 27.2 Å². The first kappa shape index (κ1) is 14.4. The number of nitrogens with zero attached hydrogens (tertiary/aromatic N) is 1. The maximum absolute atomic E-state index is 12.8. The van der Waals surface area contributed by atoms with E-state index in [2.05, 4.69) is 0 Å². The summed E-state index contributed by atoms with van der Waals surface area (Å²) in [4.78, 5) is 13.2. The van der Waals surface area contributed by atoms with Crippen molar-refractivity contribution in [1.29, 1.82) is 0 Å². The summed E-state index contributed by atoms with van der Waals surface area (Å²) < 4.78 is 43.6. The molecule has 0 unspecified atom stereocenters. The predicted octanol–water partition coefficient (Wildman–Crippen LogP) is 2.31. The van der Waals surface area contributed by atoms with Crippen LogP contribution in [0.2, 0.25) is 0 Å². The van der Waals surface area contributed by atoms with Crippen molar-refractivity contribution in [3.63, 3.8) is 0 Å². The number of ether oxygens (including phenoxy) is 1. The minimum absolute atomic E-state index is 0.102. The van der Waals surface area contributed by atoms with Crippen LogP contribution in [0, 0.1) is 5.92 Å². The van der Waals surface area contributed by atoms with Gasteiger partial charge in [0.1, 0.15) is 5.60 Å². The molecule has 2 rings (SSSR count). The fourth-order valence-electron chi connectivity index (χ4n) is 2.87. The summed E-state index contributed by atoms with van der Waals surface area (Å²) in [5.74, 6) is -0.954. The van der Waals surface area contributed by atoms with E-state index >= 15 is 0 Å². The first-order chi connectivity index (χ1) is 8.44. The molecule has 1 saturated heterocycles. The molecule has 1 N–H and O–H groups in total. The smallest absolute Gasteiger partial charge is 0.417 e. The molecule has 1 aliphatic carbocycles. The first-order valence-corrected chi connectivity index (χ1v) is 6.23.